The van der Waals surface area contributed by atoms with E-state index in [1.54, 1.807) is 12.1 Å². The molecule has 126 valence electrons. The van der Waals surface area contributed by atoms with Gasteiger partial charge in [-0.25, -0.2) is 0 Å². The third-order valence-corrected chi connectivity index (χ3v) is 2.66. The molecular weight excluding hydrogens is 414 g/mol. The highest BCUT2D eigenvalue weighted by Gasteiger charge is 2.26. The minimum Gasteiger partial charge on any atom is -0.508 e. The molecule has 0 unspecified atom stereocenters. The number of alkyl halides is 3. The van der Waals surface area contributed by atoms with Crippen LogP contribution in [0.25, 0.3) is 0 Å². The number of benzene rings is 1. The smallest absolute Gasteiger partial charge is 0.390 e. The lowest BCUT2D eigenvalue weighted by Gasteiger charge is -2.14. The van der Waals surface area contributed by atoms with Crippen LogP contribution in [0, 0.1) is 0 Å². The number of nitrogens with zero attached hydrogens (tertiary/aromatic N) is 1. The summed E-state index contributed by atoms with van der Waals surface area (Å²) in [5.74, 6) is 0.861. The zero-order valence-corrected chi connectivity index (χ0v) is 14.5. The van der Waals surface area contributed by atoms with E-state index in [2.05, 4.69) is 15.6 Å². The fourth-order valence-corrected chi connectivity index (χ4v) is 1.55. The molecule has 0 saturated heterocycles. The van der Waals surface area contributed by atoms with E-state index in [1.165, 1.54) is 20.2 Å². The van der Waals surface area contributed by atoms with Crippen LogP contribution in [0.2, 0.25) is 0 Å². The molecule has 0 amide bonds. The molecular formula is C13H19F3IN3O2. The average Bonchev–Trinajstić information content (AvgIpc) is 2.43. The predicted octanol–water partition coefficient (Wildman–Crippen LogP) is 2.64. The monoisotopic (exact) mass is 433 g/mol. The summed E-state index contributed by atoms with van der Waals surface area (Å²) in [5, 5.41) is 15.1. The standard InChI is InChI=1S/C13H18F3N3O2.HI/c1-17-12(18-6-5-13(14,15)16)19-8-9-7-10(21-2)3-4-11(9)20;/h3-4,7,20H,5-6,8H2,1-2H3,(H2,17,18,19);1H. The van der Waals surface area contributed by atoms with Crippen LogP contribution in [0.5, 0.6) is 11.5 Å². The van der Waals surface area contributed by atoms with Crippen LogP contribution in [0.1, 0.15) is 12.0 Å². The lowest BCUT2D eigenvalue weighted by Crippen LogP contribution is -2.38. The molecule has 0 radical (unpaired) electrons. The molecule has 0 spiro atoms. The maximum Gasteiger partial charge on any atom is 0.390 e. The van der Waals surface area contributed by atoms with Gasteiger partial charge in [-0.05, 0) is 18.2 Å². The van der Waals surface area contributed by atoms with Gasteiger partial charge in [0, 0.05) is 25.7 Å². The fourth-order valence-electron chi connectivity index (χ4n) is 1.55. The molecule has 0 aliphatic heterocycles. The summed E-state index contributed by atoms with van der Waals surface area (Å²) >= 11 is 0. The summed E-state index contributed by atoms with van der Waals surface area (Å²) in [6.45, 7) is -0.0675. The Bertz CT molecular complexity index is 496. The molecule has 5 nitrogen and oxygen atoms in total. The molecule has 0 fully saturated rings. The molecule has 0 bridgehead atoms. The first-order valence-corrected chi connectivity index (χ1v) is 6.23. The molecule has 22 heavy (non-hydrogen) atoms. The third-order valence-electron chi connectivity index (χ3n) is 2.66. The number of methoxy groups -OCH3 is 1. The van der Waals surface area contributed by atoms with E-state index in [0.29, 0.717) is 11.3 Å². The van der Waals surface area contributed by atoms with Gasteiger partial charge >= 0.3 is 6.18 Å². The Morgan fingerprint density at radius 2 is 2.00 bits per heavy atom. The quantitative estimate of drug-likeness (QED) is 0.380. The van der Waals surface area contributed by atoms with Crippen LogP contribution in [-0.2, 0) is 6.54 Å². The average molecular weight is 433 g/mol. The summed E-state index contributed by atoms with van der Waals surface area (Å²) in [5.41, 5.74) is 0.549. The third kappa shape index (κ3) is 7.57. The molecule has 1 rings (SSSR count). The molecule has 3 N–H and O–H groups in total. The number of aliphatic imine (C=N–C) groups is 1. The Labute approximate surface area is 144 Å². The van der Waals surface area contributed by atoms with Crippen molar-refractivity contribution in [3.8, 4) is 11.5 Å². The van der Waals surface area contributed by atoms with Crippen molar-refractivity contribution in [1.82, 2.24) is 10.6 Å². The first kappa shape index (κ1) is 20.6. The van der Waals surface area contributed by atoms with Crippen molar-refractivity contribution in [1.29, 1.82) is 0 Å². The molecule has 1 aromatic carbocycles. The second-order valence-corrected chi connectivity index (χ2v) is 4.21. The van der Waals surface area contributed by atoms with Gasteiger partial charge in [-0.1, -0.05) is 0 Å². The van der Waals surface area contributed by atoms with Gasteiger partial charge in [0.2, 0.25) is 0 Å². The van der Waals surface area contributed by atoms with Crippen LogP contribution in [0.4, 0.5) is 13.2 Å². The molecule has 0 heterocycles. The Balaban J connectivity index is 0.00000441. The van der Waals surface area contributed by atoms with Crippen molar-refractivity contribution in [3.05, 3.63) is 23.8 Å². The maximum atomic E-state index is 12.0. The lowest BCUT2D eigenvalue weighted by atomic mass is 10.2. The number of aromatic hydroxyl groups is 1. The summed E-state index contributed by atoms with van der Waals surface area (Å²) in [4.78, 5) is 3.81. The van der Waals surface area contributed by atoms with Crippen LogP contribution in [0.15, 0.2) is 23.2 Å². The number of guanidine groups is 1. The Kier molecular flexibility index (Phi) is 8.99. The highest BCUT2D eigenvalue weighted by atomic mass is 127. The second-order valence-electron chi connectivity index (χ2n) is 4.21. The molecule has 0 aliphatic rings. The van der Waals surface area contributed by atoms with E-state index < -0.39 is 12.6 Å². The first-order valence-electron chi connectivity index (χ1n) is 6.23. The van der Waals surface area contributed by atoms with Crippen molar-refractivity contribution < 1.29 is 23.0 Å². The van der Waals surface area contributed by atoms with Crippen molar-refractivity contribution in [3.63, 3.8) is 0 Å². The molecule has 9 heteroatoms. The van der Waals surface area contributed by atoms with Gasteiger partial charge in [-0.15, -0.1) is 24.0 Å². The SMILES string of the molecule is CN=C(NCCC(F)(F)F)NCc1cc(OC)ccc1O.I. The summed E-state index contributed by atoms with van der Waals surface area (Å²) in [6, 6.07) is 4.72. The zero-order valence-electron chi connectivity index (χ0n) is 12.2. The molecule has 0 saturated carbocycles. The second kappa shape index (κ2) is 9.59. The Morgan fingerprint density at radius 3 is 2.55 bits per heavy atom. The van der Waals surface area contributed by atoms with Crippen molar-refractivity contribution in [2.45, 2.75) is 19.1 Å². The van der Waals surface area contributed by atoms with E-state index in [-0.39, 0.29) is 48.8 Å². The lowest BCUT2D eigenvalue weighted by molar-refractivity contribution is -0.132. The number of hydrogen-bond acceptors (Lipinski definition) is 3. The summed E-state index contributed by atoms with van der Waals surface area (Å²) in [6.07, 6.45) is -5.16. The number of halogens is 4. The van der Waals surface area contributed by atoms with Crippen molar-refractivity contribution in [2.75, 3.05) is 20.7 Å². The molecule has 0 aliphatic carbocycles. The molecule has 0 atom stereocenters. The number of hydrogen-bond donors (Lipinski definition) is 3. The zero-order chi connectivity index (χ0) is 15.9. The van der Waals surface area contributed by atoms with Crippen molar-refractivity contribution >= 4 is 29.9 Å². The van der Waals surface area contributed by atoms with Crippen LogP contribution in [0.3, 0.4) is 0 Å². The van der Waals surface area contributed by atoms with E-state index in [9.17, 15) is 18.3 Å². The fraction of sp³-hybridized carbons (Fsp3) is 0.462. The number of ether oxygens (including phenoxy) is 1. The summed E-state index contributed by atoms with van der Waals surface area (Å²) < 4.78 is 41.2. The minimum absolute atomic E-state index is 0. The van der Waals surface area contributed by atoms with Crippen molar-refractivity contribution in [2.24, 2.45) is 4.99 Å². The number of phenols is 1. The minimum atomic E-state index is -4.21. The number of nitrogens with one attached hydrogen (secondary N) is 2. The number of phenolic OH excluding ortho intramolecular Hbond substituents is 1. The van der Waals surface area contributed by atoms with E-state index >= 15 is 0 Å². The van der Waals surface area contributed by atoms with Gasteiger partial charge in [0.15, 0.2) is 5.96 Å². The van der Waals surface area contributed by atoms with Gasteiger partial charge in [-0.2, -0.15) is 13.2 Å². The van der Waals surface area contributed by atoms with Gasteiger partial charge in [0.25, 0.3) is 0 Å². The maximum absolute atomic E-state index is 12.0. The largest absolute Gasteiger partial charge is 0.508 e. The van der Waals surface area contributed by atoms with Gasteiger partial charge in [0.1, 0.15) is 11.5 Å². The van der Waals surface area contributed by atoms with E-state index in [4.69, 9.17) is 4.74 Å². The molecule has 0 aromatic heterocycles. The topological polar surface area (TPSA) is 65.9 Å². The number of rotatable bonds is 5. The highest BCUT2D eigenvalue weighted by molar-refractivity contribution is 14.0. The highest BCUT2D eigenvalue weighted by Crippen LogP contribution is 2.22. The van der Waals surface area contributed by atoms with Gasteiger partial charge in [0.05, 0.1) is 13.5 Å². The van der Waals surface area contributed by atoms with Crippen LogP contribution in [-0.4, -0.2) is 37.9 Å². The van der Waals surface area contributed by atoms with Crippen LogP contribution >= 0.6 is 24.0 Å². The van der Waals surface area contributed by atoms with Gasteiger partial charge in [-0.3, -0.25) is 4.99 Å². The van der Waals surface area contributed by atoms with Crippen LogP contribution < -0.4 is 15.4 Å². The van der Waals surface area contributed by atoms with E-state index in [0.717, 1.165) is 0 Å². The van der Waals surface area contributed by atoms with E-state index in [1.807, 2.05) is 0 Å². The van der Waals surface area contributed by atoms with Gasteiger partial charge < -0.3 is 20.5 Å². The summed E-state index contributed by atoms with van der Waals surface area (Å²) in [7, 11) is 2.95. The normalized spacial score (nSPS) is 11.6. The molecule has 1 aromatic rings. The Hall–Kier alpha value is -1.39. The predicted molar refractivity (Wildman–Crippen MR) is 88.9 cm³/mol. The first-order chi connectivity index (χ1) is 9.85. The Morgan fingerprint density at radius 1 is 1.32 bits per heavy atom.